The van der Waals surface area contributed by atoms with Crippen molar-refractivity contribution in [3.05, 3.63) is 0 Å². The molecule has 0 aromatic rings. The van der Waals surface area contributed by atoms with Gasteiger partial charge < -0.3 is 25.2 Å². The minimum atomic E-state index is -1.46. The minimum Gasteiger partial charge on any atom is -0.394 e. The summed E-state index contributed by atoms with van der Waals surface area (Å²) < 4.78 is 5.23. The molecule has 0 bridgehead atoms. The molecule has 8 nitrogen and oxygen atoms in total. The van der Waals surface area contributed by atoms with E-state index in [1.807, 2.05) is 0 Å². The summed E-state index contributed by atoms with van der Waals surface area (Å²) in [4.78, 5) is 11.8. The van der Waals surface area contributed by atoms with Crippen LogP contribution in [0.1, 0.15) is 58.3 Å². The smallest absolute Gasteiger partial charge is 0.234 e. The van der Waals surface area contributed by atoms with E-state index in [1.54, 1.807) is 0 Å². The Balaban J connectivity index is 2.19. The van der Waals surface area contributed by atoms with E-state index in [0.29, 0.717) is 6.42 Å². The quantitative estimate of drug-likeness (QED) is 0.220. The Labute approximate surface area is 143 Å². The number of aliphatic hydroxyl groups is 4. The molecule has 0 spiro atoms. The third-order valence-corrected chi connectivity index (χ3v) is 4.25. The van der Waals surface area contributed by atoms with E-state index in [2.05, 4.69) is 17.8 Å². The first-order valence-corrected chi connectivity index (χ1v) is 8.86. The Hall–Kier alpha value is -0.770. The molecule has 1 amide bonds. The topological polar surface area (TPSA) is 131 Å². The first-order valence-electron chi connectivity index (χ1n) is 8.86. The van der Waals surface area contributed by atoms with Crippen molar-refractivity contribution in [2.24, 2.45) is 0 Å². The zero-order chi connectivity index (χ0) is 17.9. The lowest BCUT2D eigenvalue weighted by Gasteiger charge is -2.40. The molecule has 0 aromatic carbocycles. The minimum absolute atomic E-state index is 0.236. The van der Waals surface area contributed by atoms with Crippen LogP contribution in [0.15, 0.2) is 0 Å². The van der Waals surface area contributed by atoms with Crippen LogP contribution in [-0.2, 0) is 9.53 Å². The molecule has 5 atom stereocenters. The molecule has 0 aromatic heterocycles. The second-order valence-corrected chi connectivity index (χ2v) is 6.31. The number of aliphatic hydroxyl groups excluding tert-OH is 4. The van der Waals surface area contributed by atoms with Gasteiger partial charge in [0.05, 0.1) is 6.61 Å². The molecule has 142 valence electrons. The number of nitrogens with one attached hydrogen (secondary N) is 2. The Kier molecular flexibility index (Phi) is 10.4. The molecule has 1 rings (SSSR count). The molecule has 6 N–H and O–H groups in total. The molecule has 1 fully saturated rings. The fraction of sp³-hybridized carbons (Fsp3) is 0.938. The summed E-state index contributed by atoms with van der Waals surface area (Å²) in [5.74, 6) is -0.236. The number of hydrogen-bond donors (Lipinski definition) is 6. The predicted octanol–water partition coefficient (Wildman–Crippen LogP) is -0.452. The number of hydrogen-bond acceptors (Lipinski definition) is 7. The van der Waals surface area contributed by atoms with E-state index in [9.17, 15) is 20.1 Å². The number of ether oxygens (including phenoxy) is 1. The summed E-state index contributed by atoms with van der Waals surface area (Å²) in [6, 6.07) is 0. The lowest BCUT2D eigenvalue weighted by Crippen LogP contribution is -2.64. The molecule has 1 heterocycles. The molecule has 0 aliphatic carbocycles. The summed E-state index contributed by atoms with van der Waals surface area (Å²) >= 11 is 0. The van der Waals surface area contributed by atoms with Crippen LogP contribution in [0.5, 0.6) is 0 Å². The molecule has 0 radical (unpaired) electrons. The van der Waals surface area contributed by atoms with Crippen molar-refractivity contribution in [2.75, 3.05) is 6.61 Å². The summed E-state index contributed by atoms with van der Waals surface area (Å²) in [6.07, 6.45) is 1.77. The van der Waals surface area contributed by atoms with Gasteiger partial charge in [-0.3, -0.25) is 10.2 Å². The Morgan fingerprint density at radius 1 is 0.958 bits per heavy atom. The van der Waals surface area contributed by atoms with Gasteiger partial charge in [0.25, 0.3) is 0 Å². The van der Waals surface area contributed by atoms with Crippen LogP contribution >= 0.6 is 0 Å². The summed E-state index contributed by atoms with van der Waals surface area (Å²) in [5, 5.41) is 38.2. The molecule has 24 heavy (non-hydrogen) atoms. The van der Waals surface area contributed by atoms with Crippen molar-refractivity contribution < 1.29 is 30.0 Å². The van der Waals surface area contributed by atoms with Gasteiger partial charge in [0.15, 0.2) is 6.23 Å². The second-order valence-electron chi connectivity index (χ2n) is 6.31. The van der Waals surface area contributed by atoms with Gasteiger partial charge in [-0.1, -0.05) is 45.4 Å². The van der Waals surface area contributed by atoms with Crippen LogP contribution < -0.4 is 10.9 Å². The number of unbranched alkanes of at least 4 members (excludes halogenated alkanes) is 6. The maximum Gasteiger partial charge on any atom is 0.234 e. The van der Waals surface area contributed by atoms with Crippen LogP contribution in [0.3, 0.4) is 0 Å². The third-order valence-electron chi connectivity index (χ3n) is 4.25. The second kappa shape index (κ2) is 11.7. The first-order chi connectivity index (χ1) is 11.5. The van der Waals surface area contributed by atoms with Gasteiger partial charge in [-0.05, 0) is 6.42 Å². The maximum absolute atomic E-state index is 11.8. The van der Waals surface area contributed by atoms with E-state index >= 15 is 0 Å². The van der Waals surface area contributed by atoms with Gasteiger partial charge >= 0.3 is 0 Å². The average Bonchev–Trinajstić information content (AvgIpc) is 2.58. The highest BCUT2D eigenvalue weighted by molar-refractivity contribution is 5.75. The third kappa shape index (κ3) is 7.00. The van der Waals surface area contributed by atoms with Crippen molar-refractivity contribution in [1.29, 1.82) is 0 Å². The van der Waals surface area contributed by atoms with E-state index in [0.717, 1.165) is 19.3 Å². The SMILES string of the molecule is CCCCCCCCCC(=O)NN[C@@H]1O[C@H](CO)[C@@H](O)[C@H](O)[C@H]1O. The van der Waals surface area contributed by atoms with E-state index in [-0.39, 0.29) is 5.91 Å². The Bertz CT molecular complexity index is 355. The highest BCUT2D eigenvalue weighted by Crippen LogP contribution is 2.19. The van der Waals surface area contributed by atoms with Crippen molar-refractivity contribution in [3.63, 3.8) is 0 Å². The van der Waals surface area contributed by atoms with Crippen LogP contribution in [0.2, 0.25) is 0 Å². The van der Waals surface area contributed by atoms with Crippen LogP contribution in [0, 0.1) is 0 Å². The number of hydrazine groups is 1. The lowest BCUT2D eigenvalue weighted by molar-refractivity contribution is -0.238. The lowest BCUT2D eigenvalue weighted by atomic mass is 9.99. The Morgan fingerprint density at radius 3 is 2.21 bits per heavy atom. The normalized spacial score (nSPS) is 30.3. The van der Waals surface area contributed by atoms with Crippen molar-refractivity contribution in [2.45, 2.75) is 88.9 Å². The van der Waals surface area contributed by atoms with Gasteiger partial charge in [0.1, 0.15) is 24.4 Å². The summed E-state index contributed by atoms with van der Waals surface area (Å²) in [7, 11) is 0. The molecule has 1 saturated heterocycles. The van der Waals surface area contributed by atoms with Gasteiger partial charge in [-0.25, -0.2) is 5.43 Å². The number of carbonyl (C=O) groups is 1. The van der Waals surface area contributed by atoms with Crippen molar-refractivity contribution in [1.82, 2.24) is 10.9 Å². The number of carbonyl (C=O) groups excluding carboxylic acids is 1. The summed E-state index contributed by atoms with van der Waals surface area (Å²) in [5.41, 5.74) is 4.93. The van der Waals surface area contributed by atoms with Gasteiger partial charge in [0.2, 0.25) is 5.91 Å². The standard InChI is InChI=1S/C16H32N2O6/c1-2-3-4-5-6-7-8-9-12(20)17-18-16-15(23)14(22)13(21)11(10-19)24-16/h11,13-16,18-19,21-23H,2-10H2,1H3,(H,17,20)/t11-,13-,14+,15-,16-/m1/s1. The zero-order valence-corrected chi connectivity index (χ0v) is 14.4. The van der Waals surface area contributed by atoms with Gasteiger partial charge in [-0.2, -0.15) is 0 Å². The molecule has 1 aliphatic rings. The highest BCUT2D eigenvalue weighted by Gasteiger charge is 2.43. The number of amides is 1. The maximum atomic E-state index is 11.8. The van der Waals surface area contributed by atoms with Crippen LogP contribution in [-0.4, -0.2) is 63.6 Å². The number of rotatable bonds is 11. The molecular formula is C16H32N2O6. The highest BCUT2D eigenvalue weighted by atomic mass is 16.6. The van der Waals surface area contributed by atoms with Crippen LogP contribution in [0.25, 0.3) is 0 Å². The van der Waals surface area contributed by atoms with E-state index in [4.69, 9.17) is 9.84 Å². The van der Waals surface area contributed by atoms with Crippen molar-refractivity contribution >= 4 is 5.91 Å². The zero-order valence-electron chi connectivity index (χ0n) is 14.4. The van der Waals surface area contributed by atoms with Crippen LogP contribution in [0.4, 0.5) is 0 Å². The van der Waals surface area contributed by atoms with Gasteiger partial charge in [0, 0.05) is 6.42 Å². The first kappa shape index (κ1) is 21.3. The average molecular weight is 348 g/mol. The molecule has 0 unspecified atom stereocenters. The Morgan fingerprint density at radius 2 is 1.58 bits per heavy atom. The fourth-order valence-electron chi connectivity index (χ4n) is 2.68. The molecule has 8 heteroatoms. The monoisotopic (exact) mass is 348 g/mol. The van der Waals surface area contributed by atoms with E-state index in [1.165, 1.54) is 25.7 Å². The molecular weight excluding hydrogens is 316 g/mol. The molecule has 1 aliphatic heterocycles. The van der Waals surface area contributed by atoms with Crippen molar-refractivity contribution in [3.8, 4) is 0 Å². The largest absolute Gasteiger partial charge is 0.394 e. The molecule has 0 saturated carbocycles. The van der Waals surface area contributed by atoms with E-state index < -0.39 is 37.3 Å². The predicted molar refractivity (Wildman–Crippen MR) is 87.7 cm³/mol. The fourth-order valence-corrected chi connectivity index (χ4v) is 2.68. The van der Waals surface area contributed by atoms with Gasteiger partial charge in [-0.15, -0.1) is 0 Å². The summed E-state index contributed by atoms with van der Waals surface area (Å²) in [6.45, 7) is 1.67.